The molecule has 0 N–H and O–H groups in total. The molecule has 0 aliphatic heterocycles. The molecule has 2 atom stereocenters. The minimum absolute atomic E-state index is 0.0292. The van der Waals surface area contributed by atoms with Gasteiger partial charge in [-0.05, 0) is 56.3 Å². The van der Waals surface area contributed by atoms with E-state index in [0.29, 0.717) is 37.9 Å². The first kappa shape index (κ1) is 58.9. The Kier molecular flexibility index (Phi) is 48.1. The van der Waals surface area contributed by atoms with Crippen molar-refractivity contribution in [1.82, 2.24) is 0 Å². The van der Waals surface area contributed by atoms with Crippen molar-refractivity contribution in [2.75, 3.05) is 13.2 Å². The van der Waals surface area contributed by atoms with Gasteiger partial charge in [0.1, 0.15) is 0 Å². The summed E-state index contributed by atoms with van der Waals surface area (Å²) < 4.78 is 11.8. The van der Waals surface area contributed by atoms with Gasteiger partial charge in [-0.1, -0.05) is 266 Å². The van der Waals surface area contributed by atoms with Gasteiger partial charge in [0.2, 0.25) is 0 Å². The zero-order valence-electron chi connectivity index (χ0n) is 41.9. The van der Waals surface area contributed by atoms with E-state index in [1.807, 2.05) is 0 Å². The van der Waals surface area contributed by atoms with Crippen molar-refractivity contribution in [1.29, 1.82) is 0 Å². The summed E-state index contributed by atoms with van der Waals surface area (Å²) in [4.78, 5) is 25.6. The second-order valence-corrected chi connectivity index (χ2v) is 19.6. The first-order valence-electron chi connectivity index (χ1n) is 27.8. The van der Waals surface area contributed by atoms with Gasteiger partial charge in [-0.2, -0.15) is 0 Å². The Bertz CT molecular complexity index is 798. The highest BCUT2D eigenvalue weighted by atomic mass is 16.5. The maximum Gasteiger partial charge on any atom is 0.305 e. The van der Waals surface area contributed by atoms with E-state index in [0.717, 1.165) is 31.6 Å². The van der Waals surface area contributed by atoms with Gasteiger partial charge in [0.05, 0.1) is 13.2 Å². The van der Waals surface area contributed by atoms with Crippen molar-refractivity contribution in [2.45, 2.75) is 317 Å². The first-order valence-corrected chi connectivity index (χ1v) is 27.8. The molecule has 0 spiro atoms. The SMILES string of the molecule is CCCCCCCCCCCC(CCCCCC(=O)OCC(CCCCCC)CCCCCCCC)CCCCCC(=O)OCC(CCCCCC)CCCCCCCC. The standard InChI is InChI=1S/C56H110O4/c1-6-11-16-21-24-25-26-29-34-41-52(42-37-30-39-48-55(57)59-50-53(44-32-19-14-9-4)46-35-27-22-17-12-7-2)43-38-31-40-49-56(58)60-51-54(45-33-20-15-10-5)47-36-28-23-18-13-8-3/h52-54H,6-51H2,1-5H3. The third-order valence-corrected chi connectivity index (χ3v) is 13.5. The number of hydrogen-bond acceptors (Lipinski definition) is 4. The molecule has 0 aromatic carbocycles. The predicted molar refractivity (Wildman–Crippen MR) is 264 cm³/mol. The minimum atomic E-state index is 0.0292. The molecule has 0 bridgehead atoms. The molecule has 0 aromatic rings. The number of esters is 2. The van der Waals surface area contributed by atoms with Gasteiger partial charge in [-0.25, -0.2) is 0 Å². The van der Waals surface area contributed by atoms with Crippen LogP contribution in [0.15, 0.2) is 0 Å². The number of rotatable bonds is 50. The van der Waals surface area contributed by atoms with Crippen LogP contribution in [0.4, 0.5) is 0 Å². The van der Waals surface area contributed by atoms with E-state index in [2.05, 4.69) is 34.6 Å². The van der Waals surface area contributed by atoms with E-state index in [1.54, 1.807) is 0 Å². The van der Waals surface area contributed by atoms with Crippen LogP contribution in [-0.4, -0.2) is 25.2 Å². The van der Waals surface area contributed by atoms with Crippen molar-refractivity contribution in [3.05, 3.63) is 0 Å². The Balaban J connectivity index is 4.66. The molecular weight excluding hydrogens is 737 g/mol. The maximum atomic E-state index is 12.8. The Hall–Kier alpha value is -1.06. The zero-order chi connectivity index (χ0) is 43.8. The molecule has 2 unspecified atom stereocenters. The average Bonchev–Trinajstić information content (AvgIpc) is 3.25. The summed E-state index contributed by atoms with van der Waals surface area (Å²) in [6.07, 6.45) is 55.4. The van der Waals surface area contributed by atoms with Gasteiger partial charge in [0, 0.05) is 12.8 Å². The van der Waals surface area contributed by atoms with Crippen LogP contribution in [0.5, 0.6) is 0 Å². The molecule has 358 valence electrons. The van der Waals surface area contributed by atoms with Crippen LogP contribution < -0.4 is 0 Å². The van der Waals surface area contributed by atoms with Crippen LogP contribution in [0, 0.1) is 17.8 Å². The third kappa shape index (κ3) is 43.6. The fourth-order valence-corrected chi connectivity index (χ4v) is 9.27. The van der Waals surface area contributed by atoms with Crippen molar-refractivity contribution in [3.8, 4) is 0 Å². The Morgan fingerprint density at radius 3 is 0.733 bits per heavy atom. The Morgan fingerprint density at radius 1 is 0.267 bits per heavy atom. The lowest BCUT2D eigenvalue weighted by atomic mass is 9.89. The van der Waals surface area contributed by atoms with E-state index in [-0.39, 0.29) is 11.9 Å². The summed E-state index contributed by atoms with van der Waals surface area (Å²) in [7, 11) is 0. The summed E-state index contributed by atoms with van der Waals surface area (Å²) in [5.74, 6) is 1.92. The predicted octanol–water partition coefficient (Wildman–Crippen LogP) is 19.2. The van der Waals surface area contributed by atoms with Crippen LogP contribution >= 0.6 is 0 Å². The largest absolute Gasteiger partial charge is 0.465 e. The van der Waals surface area contributed by atoms with Crippen LogP contribution in [0.25, 0.3) is 0 Å². The topological polar surface area (TPSA) is 52.6 Å². The lowest BCUT2D eigenvalue weighted by molar-refractivity contribution is -0.146. The number of carbonyl (C=O) groups is 2. The molecule has 60 heavy (non-hydrogen) atoms. The summed E-state index contributed by atoms with van der Waals surface area (Å²) >= 11 is 0. The molecule has 0 aliphatic carbocycles. The number of ether oxygens (including phenoxy) is 2. The molecular formula is C56H110O4. The average molecular weight is 847 g/mol. The highest BCUT2D eigenvalue weighted by molar-refractivity contribution is 5.69. The number of unbranched alkanes of at least 4 members (excludes halogenated alkanes) is 28. The summed E-state index contributed by atoms with van der Waals surface area (Å²) in [6.45, 7) is 12.7. The normalized spacial score (nSPS) is 13.1. The third-order valence-electron chi connectivity index (χ3n) is 13.5. The maximum absolute atomic E-state index is 12.8. The lowest BCUT2D eigenvalue weighted by Gasteiger charge is -2.18. The molecule has 0 aliphatic rings. The molecule has 0 saturated carbocycles. The number of carbonyl (C=O) groups excluding carboxylic acids is 2. The number of hydrogen-bond donors (Lipinski definition) is 0. The molecule has 4 nitrogen and oxygen atoms in total. The fraction of sp³-hybridized carbons (Fsp3) is 0.964. The molecule has 0 aromatic heterocycles. The van der Waals surface area contributed by atoms with E-state index in [9.17, 15) is 9.59 Å². The second-order valence-electron chi connectivity index (χ2n) is 19.6. The fourth-order valence-electron chi connectivity index (χ4n) is 9.27. The van der Waals surface area contributed by atoms with Crippen LogP contribution in [0.3, 0.4) is 0 Å². The lowest BCUT2D eigenvalue weighted by Crippen LogP contribution is -2.14. The van der Waals surface area contributed by atoms with Crippen LogP contribution in [0.1, 0.15) is 317 Å². The van der Waals surface area contributed by atoms with E-state index < -0.39 is 0 Å². The van der Waals surface area contributed by atoms with Gasteiger partial charge in [0.15, 0.2) is 0 Å². The van der Waals surface area contributed by atoms with Gasteiger partial charge in [0.25, 0.3) is 0 Å². The van der Waals surface area contributed by atoms with Crippen LogP contribution in [-0.2, 0) is 19.1 Å². The molecule has 0 radical (unpaired) electrons. The van der Waals surface area contributed by atoms with Gasteiger partial charge >= 0.3 is 11.9 Å². The molecule has 0 fully saturated rings. The highest BCUT2D eigenvalue weighted by Gasteiger charge is 2.15. The quantitative estimate of drug-likeness (QED) is 0.0452. The molecule has 0 rings (SSSR count). The Labute approximate surface area is 377 Å². The molecule has 4 heteroatoms. The molecule has 0 amide bonds. The first-order chi connectivity index (χ1) is 29.5. The van der Waals surface area contributed by atoms with Crippen LogP contribution in [0.2, 0.25) is 0 Å². The Morgan fingerprint density at radius 2 is 0.467 bits per heavy atom. The summed E-state index contributed by atoms with van der Waals surface area (Å²) in [6, 6.07) is 0. The van der Waals surface area contributed by atoms with E-state index >= 15 is 0 Å². The van der Waals surface area contributed by atoms with Crippen molar-refractivity contribution >= 4 is 11.9 Å². The van der Waals surface area contributed by atoms with Crippen molar-refractivity contribution in [2.24, 2.45) is 17.8 Å². The van der Waals surface area contributed by atoms with Gasteiger partial charge in [-0.3, -0.25) is 9.59 Å². The van der Waals surface area contributed by atoms with Gasteiger partial charge in [-0.15, -0.1) is 0 Å². The van der Waals surface area contributed by atoms with E-state index in [4.69, 9.17) is 9.47 Å². The van der Waals surface area contributed by atoms with Crippen molar-refractivity contribution in [3.63, 3.8) is 0 Å². The van der Waals surface area contributed by atoms with E-state index in [1.165, 1.54) is 244 Å². The zero-order valence-corrected chi connectivity index (χ0v) is 41.9. The van der Waals surface area contributed by atoms with Crippen molar-refractivity contribution < 1.29 is 19.1 Å². The highest BCUT2D eigenvalue weighted by Crippen LogP contribution is 2.26. The molecule has 0 saturated heterocycles. The second kappa shape index (κ2) is 49.0. The summed E-state index contributed by atoms with van der Waals surface area (Å²) in [5, 5.41) is 0. The summed E-state index contributed by atoms with van der Waals surface area (Å²) in [5.41, 5.74) is 0. The van der Waals surface area contributed by atoms with Gasteiger partial charge < -0.3 is 9.47 Å². The minimum Gasteiger partial charge on any atom is -0.465 e. The smallest absolute Gasteiger partial charge is 0.305 e. The molecule has 0 heterocycles. The monoisotopic (exact) mass is 847 g/mol.